The van der Waals surface area contributed by atoms with Crippen LogP contribution in [0.15, 0.2) is 72.8 Å². The normalized spacial score (nSPS) is 11.4. The summed E-state index contributed by atoms with van der Waals surface area (Å²) in [6.07, 6.45) is 0.653. The Morgan fingerprint density at radius 3 is 2.28 bits per heavy atom. The van der Waals surface area contributed by atoms with Crippen LogP contribution in [0, 0.1) is 13.8 Å². The third-order valence-corrected chi connectivity index (χ3v) is 5.42. The van der Waals surface area contributed by atoms with E-state index in [1.807, 2.05) is 79.7 Å². The monoisotopic (exact) mass is 428 g/mol. The number of anilines is 1. The number of hydrogen-bond acceptors (Lipinski definition) is 2. The molecule has 3 rings (SSSR count). The molecule has 1 atom stereocenters. The van der Waals surface area contributed by atoms with Crippen LogP contribution >= 0.6 is 24.0 Å². The van der Waals surface area contributed by atoms with Gasteiger partial charge in [-0.1, -0.05) is 66.2 Å². The fraction of sp³-hybridized carbons (Fsp3) is 0.208. The summed E-state index contributed by atoms with van der Waals surface area (Å²) in [5, 5.41) is 0.711. The van der Waals surface area contributed by atoms with Gasteiger partial charge in [0.1, 0.15) is 6.04 Å². The van der Waals surface area contributed by atoms with E-state index < -0.39 is 6.04 Å². The molecule has 0 aromatic heterocycles. The Morgan fingerprint density at radius 2 is 1.62 bits per heavy atom. The highest BCUT2D eigenvalue weighted by Gasteiger charge is 2.24. The van der Waals surface area contributed by atoms with Crippen molar-refractivity contribution >= 4 is 35.6 Å². The fourth-order valence-corrected chi connectivity index (χ4v) is 3.39. The molecule has 5 heteroatoms. The number of benzene rings is 3. The number of nitrogens with two attached hydrogens (primary N) is 1. The second-order valence-corrected chi connectivity index (χ2v) is 7.40. The molecule has 3 aromatic carbocycles. The van der Waals surface area contributed by atoms with Gasteiger partial charge in [0, 0.05) is 17.3 Å². The van der Waals surface area contributed by atoms with Gasteiger partial charge in [-0.25, -0.2) is 0 Å². The standard InChI is InChI=1S/C24H25ClN2O.ClH/c1-17-12-13-21(16-18(17)2)27(15-14-19-8-6-7-11-22(19)25)24(28)23(26)20-9-4-3-5-10-20;/h3-13,16,23H,14-15,26H2,1-2H3;1H. The predicted molar refractivity (Wildman–Crippen MR) is 124 cm³/mol. The van der Waals surface area contributed by atoms with Crippen molar-refractivity contribution in [3.63, 3.8) is 0 Å². The largest absolute Gasteiger partial charge is 0.316 e. The molecule has 0 saturated heterocycles. The van der Waals surface area contributed by atoms with Crippen molar-refractivity contribution in [1.29, 1.82) is 0 Å². The minimum Gasteiger partial charge on any atom is -0.316 e. The molecule has 3 aromatic rings. The summed E-state index contributed by atoms with van der Waals surface area (Å²) in [6.45, 7) is 4.61. The molecule has 152 valence electrons. The lowest BCUT2D eigenvalue weighted by Gasteiger charge is -2.27. The van der Waals surface area contributed by atoms with E-state index in [1.54, 1.807) is 4.90 Å². The maximum Gasteiger partial charge on any atom is 0.248 e. The van der Waals surface area contributed by atoms with Crippen LogP contribution in [0.3, 0.4) is 0 Å². The van der Waals surface area contributed by atoms with E-state index in [1.165, 1.54) is 5.56 Å². The number of amides is 1. The van der Waals surface area contributed by atoms with Crippen molar-refractivity contribution in [1.82, 2.24) is 0 Å². The highest BCUT2D eigenvalue weighted by atomic mass is 35.5. The first kappa shape index (κ1) is 23.0. The number of nitrogens with zero attached hydrogens (tertiary/aromatic N) is 1. The number of carbonyl (C=O) groups is 1. The summed E-state index contributed by atoms with van der Waals surface area (Å²) in [6, 6.07) is 22.5. The molecule has 0 spiro atoms. The zero-order valence-electron chi connectivity index (χ0n) is 16.6. The topological polar surface area (TPSA) is 46.3 Å². The summed E-state index contributed by atoms with van der Waals surface area (Å²) in [5.74, 6) is -0.124. The molecule has 0 aliphatic heterocycles. The first-order chi connectivity index (χ1) is 13.5. The second-order valence-electron chi connectivity index (χ2n) is 6.99. The summed E-state index contributed by atoms with van der Waals surface area (Å²) < 4.78 is 0. The van der Waals surface area contributed by atoms with Crippen molar-refractivity contribution in [2.75, 3.05) is 11.4 Å². The van der Waals surface area contributed by atoms with Gasteiger partial charge in [-0.15, -0.1) is 12.4 Å². The molecule has 2 N–H and O–H groups in total. The van der Waals surface area contributed by atoms with E-state index in [-0.39, 0.29) is 18.3 Å². The number of aryl methyl sites for hydroxylation is 2. The van der Waals surface area contributed by atoms with Crippen LogP contribution in [0.25, 0.3) is 0 Å². The van der Waals surface area contributed by atoms with E-state index in [0.29, 0.717) is 18.0 Å². The van der Waals surface area contributed by atoms with E-state index in [4.69, 9.17) is 17.3 Å². The van der Waals surface area contributed by atoms with Crippen molar-refractivity contribution in [2.45, 2.75) is 26.3 Å². The predicted octanol–water partition coefficient (Wildman–Crippen LogP) is 5.65. The van der Waals surface area contributed by atoms with Crippen molar-refractivity contribution in [3.05, 3.63) is 100 Å². The van der Waals surface area contributed by atoms with Crippen LogP contribution in [0.2, 0.25) is 5.02 Å². The zero-order chi connectivity index (χ0) is 20.1. The molecule has 0 fully saturated rings. The Hall–Kier alpha value is -2.33. The van der Waals surface area contributed by atoms with Crippen LogP contribution in [-0.2, 0) is 11.2 Å². The minimum atomic E-state index is -0.714. The quantitative estimate of drug-likeness (QED) is 0.550. The summed E-state index contributed by atoms with van der Waals surface area (Å²) in [4.78, 5) is 15.1. The van der Waals surface area contributed by atoms with E-state index >= 15 is 0 Å². The molecule has 0 aliphatic rings. The molecular formula is C24H26Cl2N2O. The van der Waals surface area contributed by atoms with E-state index in [9.17, 15) is 4.79 Å². The first-order valence-corrected chi connectivity index (χ1v) is 9.77. The third-order valence-electron chi connectivity index (χ3n) is 5.06. The van der Waals surface area contributed by atoms with Gasteiger partial charge in [0.25, 0.3) is 0 Å². The van der Waals surface area contributed by atoms with Crippen molar-refractivity contribution < 1.29 is 4.79 Å². The Morgan fingerprint density at radius 1 is 0.966 bits per heavy atom. The van der Waals surface area contributed by atoms with Gasteiger partial charge in [-0.3, -0.25) is 4.79 Å². The molecule has 0 aliphatic carbocycles. The molecule has 0 saturated carbocycles. The highest BCUT2D eigenvalue weighted by molar-refractivity contribution is 6.31. The number of halogens is 2. The average Bonchev–Trinajstić information content (AvgIpc) is 2.72. The Balaban J connectivity index is 0.00000300. The van der Waals surface area contributed by atoms with Crippen LogP contribution in [0.5, 0.6) is 0 Å². The van der Waals surface area contributed by atoms with Crippen LogP contribution in [-0.4, -0.2) is 12.5 Å². The molecule has 1 unspecified atom stereocenters. The molecule has 0 heterocycles. The lowest BCUT2D eigenvalue weighted by atomic mass is 10.0. The van der Waals surface area contributed by atoms with Gasteiger partial charge in [-0.05, 0) is 60.7 Å². The summed E-state index contributed by atoms with van der Waals surface area (Å²) >= 11 is 6.31. The van der Waals surface area contributed by atoms with Gasteiger partial charge in [0.2, 0.25) is 5.91 Å². The first-order valence-electron chi connectivity index (χ1n) is 9.40. The summed E-state index contributed by atoms with van der Waals surface area (Å²) in [5.41, 5.74) is 11.3. The molecule has 3 nitrogen and oxygen atoms in total. The van der Waals surface area contributed by atoms with Crippen molar-refractivity contribution in [2.24, 2.45) is 5.73 Å². The van der Waals surface area contributed by atoms with Crippen LogP contribution < -0.4 is 10.6 Å². The molecule has 0 bridgehead atoms. The fourth-order valence-electron chi connectivity index (χ4n) is 3.16. The maximum atomic E-state index is 13.3. The molecule has 0 radical (unpaired) electrons. The Kier molecular flexibility index (Phi) is 8.27. The van der Waals surface area contributed by atoms with Crippen LogP contribution in [0.4, 0.5) is 5.69 Å². The van der Waals surface area contributed by atoms with Gasteiger partial charge in [0.15, 0.2) is 0 Å². The third kappa shape index (κ3) is 5.60. The highest BCUT2D eigenvalue weighted by Crippen LogP contribution is 2.24. The second kappa shape index (κ2) is 10.4. The van der Waals surface area contributed by atoms with Gasteiger partial charge < -0.3 is 10.6 Å². The Labute approximate surface area is 183 Å². The average molecular weight is 429 g/mol. The minimum absolute atomic E-state index is 0. The van der Waals surface area contributed by atoms with E-state index in [0.717, 1.165) is 22.4 Å². The van der Waals surface area contributed by atoms with Gasteiger partial charge >= 0.3 is 0 Å². The number of carbonyl (C=O) groups excluding carboxylic acids is 1. The zero-order valence-corrected chi connectivity index (χ0v) is 18.2. The SMILES string of the molecule is Cc1ccc(N(CCc2ccccc2Cl)C(=O)C(N)c2ccccc2)cc1C.Cl. The summed E-state index contributed by atoms with van der Waals surface area (Å²) in [7, 11) is 0. The Bertz CT molecular complexity index is 960. The van der Waals surface area contributed by atoms with Gasteiger partial charge in [0.05, 0.1) is 0 Å². The molecular weight excluding hydrogens is 403 g/mol. The van der Waals surface area contributed by atoms with E-state index in [2.05, 4.69) is 6.92 Å². The molecule has 29 heavy (non-hydrogen) atoms. The molecule has 1 amide bonds. The lowest BCUT2D eigenvalue weighted by Crippen LogP contribution is -2.40. The van der Waals surface area contributed by atoms with Gasteiger partial charge in [-0.2, -0.15) is 0 Å². The number of rotatable bonds is 6. The smallest absolute Gasteiger partial charge is 0.248 e. The maximum absolute atomic E-state index is 13.3. The van der Waals surface area contributed by atoms with Crippen LogP contribution in [0.1, 0.15) is 28.3 Å². The number of hydrogen-bond donors (Lipinski definition) is 1. The lowest BCUT2D eigenvalue weighted by molar-refractivity contribution is -0.120. The van der Waals surface area contributed by atoms with Crippen molar-refractivity contribution in [3.8, 4) is 0 Å².